The standard InChI is InChI=1S/C9H12NO2S.HI/c1-10-6-4-5-7(8(10)13-3)9(11)12-2;/h4-6H,1-3H3;1H/q+1;/p-1. The molecule has 1 rings (SSSR count). The smallest absolute Gasteiger partial charge is 0.345 e. The predicted molar refractivity (Wildman–Crippen MR) is 50.7 cm³/mol. The van der Waals surface area contributed by atoms with E-state index in [2.05, 4.69) is 4.74 Å². The van der Waals surface area contributed by atoms with Crippen molar-refractivity contribution in [2.75, 3.05) is 13.4 Å². The van der Waals surface area contributed by atoms with E-state index in [0.717, 1.165) is 5.03 Å². The molecule has 3 nitrogen and oxygen atoms in total. The molecule has 0 spiro atoms. The van der Waals surface area contributed by atoms with Gasteiger partial charge in [0.05, 0.1) is 7.11 Å². The lowest BCUT2D eigenvalue weighted by Crippen LogP contribution is -3.00. The van der Waals surface area contributed by atoms with Crippen molar-refractivity contribution in [2.24, 2.45) is 7.05 Å². The molecule has 1 aromatic heterocycles. The van der Waals surface area contributed by atoms with Crippen LogP contribution in [0.1, 0.15) is 10.4 Å². The Bertz CT molecular complexity index is 331. The van der Waals surface area contributed by atoms with E-state index in [1.807, 2.05) is 30.1 Å². The van der Waals surface area contributed by atoms with Crippen molar-refractivity contribution in [1.29, 1.82) is 0 Å². The van der Waals surface area contributed by atoms with Gasteiger partial charge in [-0.05, 0) is 12.3 Å². The summed E-state index contributed by atoms with van der Waals surface area (Å²) in [5, 5.41) is 0.911. The van der Waals surface area contributed by atoms with Gasteiger partial charge in [-0.3, -0.25) is 0 Å². The number of nitrogens with zero attached hydrogens (tertiary/aromatic N) is 1. The van der Waals surface area contributed by atoms with Crippen LogP contribution in [0.4, 0.5) is 0 Å². The number of pyridine rings is 1. The summed E-state index contributed by atoms with van der Waals surface area (Å²) in [6.45, 7) is 0. The van der Waals surface area contributed by atoms with E-state index in [1.165, 1.54) is 18.9 Å². The number of thioether (sulfide) groups is 1. The van der Waals surface area contributed by atoms with E-state index in [4.69, 9.17) is 0 Å². The number of hydrogen-bond donors (Lipinski definition) is 0. The highest BCUT2D eigenvalue weighted by molar-refractivity contribution is 7.98. The molecule has 0 aliphatic heterocycles. The van der Waals surface area contributed by atoms with Crippen molar-refractivity contribution >= 4 is 17.7 Å². The SMILES string of the molecule is COC(=O)c1ccc[n+](C)c1SC.[I-]. The Morgan fingerprint density at radius 3 is 2.71 bits per heavy atom. The average Bonchev–Trinajstić information content (AvgIpc) is 2.16. The van der Waals surface area contributed by atoms with E-state index < -0.39 is 0 Å². The summed E-state index contributed by atoms with van der Waals surface area (Å²) in [6, 6.07) is 3.59. The van der Waals surface area contributed by atoms with Gasteiger partial charge in [0.15, 0.2) is 6.20 Å². The van der Waals surface area contributed by atoms with Gasteiger partial charge < -0.3 is 28.7 Å². The molecule has 1 aromatic rings. The van der Waals surface area contributed by atoms with Crippen molar-refractivity contribution in [2.45, 2.75) is 5.03 Å². The zero-order valence-corrected chi connectivity index (χ0v) is 11.3. The highest BCUT2D eigenvalue weighted by atomic mass is 127. The number of esters is 1. The fourth-order valence-corrected chi connectivity index (χ4v) is 1.84. The molecule has 0 amide bonds. The van der Waals surface area contributed by atoms with Crippen molar-refractivity contribution in [1.82, 2.24) is 0 Å². The van der Waals surface area contributed by atoms with Gasteiger partial charge in [0, 0.05) is 6.07 Å². The van der Waals surface area contributed by atoms with E-state index in [9.17, 15) is 4.79 Å². The predicted octanol–water partition coefficient (Wildman–Crippen LogP) is -1.98. The third-order valence-corrected chi connectivity index (χ3v) is 2.62. The van der Waals surface area contributed by atoms with Crippen LogP contribution >= 0.6 is 11.8 Å². The summed E-state index contributed by atoms with van der Waals surface area (Å²) < 4.78 is 6.57. The topological polar surface area (TPSA) is 30.2 Å². The number of ether oxygens (including phenoxy) is 1. The average molecular weight is 325 g/mol. The van der Waals surface area contributed by atoms with Gasteiger partial charge in [-0.15, -0.1) is 0 Å². The lowest BCUT2D eigenvalue weighted by atomic mass is 10.3. The summed E-state index contributed by atoms with van der Waals surface area (Å²) in [4.78, 5) is 11.3. The highest BCUT2D eigenvalue weighted by Crippen LogP contribution is 2.15. The summed E-state index contributed by atoms with van der Waals surface area (Å²) in [5.74, 6) is -0.291. The Hall–Kier alpha value is -0.300. The molecular formula is C9H12INO2S. The molecule has 0 atom stereocenters. The number of carbonyl (C=O) groups excluding carboxylic acids is 1. The molecule has 78 valence electrons. The summed E-state index contributed by atoms with van der Waals surface area (Å²) in [7, 11) is 3.29. The summed E-state index contributed by atoms with van der Waals surface area (Å²) in [5.41, 5.74) is 0.611. The van der Waals surface area contributed by atoms with Crippen LogP contribution in [0, 0.1) is 0 Å². The van der Waals surface area contributed by atoms with Crippen LogP contribution < -0.4 is 28.5 Å². The second-order valence-corrected chi connectivity index (χ2v) is 3.33. The lowest BCUT2D eigenvalue weighted by Gasteiger charge is -2.01. The van der Waals surface area contributed by atoms with Crippen LogP contribution in [0.3, 0.4) is 0 Å². The van der Waals surface area contributed by atoms with Gasteiger partial charge in [0.25, 0.3) is 5.03 Å². The third kappa shape index (κ3) is 2.84. The molecule has 0 bridgehead atoms. The number of aromatic nitrogens is 1. The molecule has 0 saturated carbocycles. The second-order valence-electron chi connectivity index (χ2n) is 2.53. The minimum Gasteiger partial charge on any atom is -1.00 e. The number of aryl methyl sites for hydroxylation is 1. The van der Waals surface area contributed by atoms with Crippen LogP contribution in [0.25, 0.3) is 0 Å². The van der Waals surface area contributed by atoms with Crippen LogP contribution in [0.5, 0.6) is 0 Å². The number of halogens is 1. The maximum atomic E-state index is 11.3. The Kier molecular flexibility index (Phi) is 6.10. The van der Waals surface area contributed by atoms with Crippen LogP contribution in [-0.2, 0) is 11.8 Å². The van der Waals surface area contributed by atoms with E-state index >= 15 is 0 Å². The minimum absolute atomic E-state index is 0. The molecule has 0 aromatic carbocycles. The van der Waals surface area contributed by atoms with E-state index in [0.29, 0.717) is 5.56 Å². The highest BCUT2D eigenvalue weighted by Gasteiger charge is 2.18. The Labute approximate surface area is 105 Å². The first-order valence-electron chi connectivity index (χ1n) is 3.81. The Balaban J connectivity index is 0.00000169. The number of carbonyl (C=O) groups is 1. The molecule has 5 heteroatoms. The molecule has 0 N–H and O–H groups in total. The lowest BCUT2D eigenvalue weighted by molar-refractivity contribution is -0.709. The van der Waals surface area contributed by atoms with Gasteiger partial charge in [0.2, 0.25) is 0 Å². The Morgan fingerprint density at radius 1 is 1.57 bits per heavy atom. The first-order chi connectivity index (χ1) is 6.20. The largest absolute Gasteiger partial charge is 1.00 e. The number of rotatable bonds is 2. The maximum absolute atomic E-state index is 11.3. The number of methoxy groups -OCH3 is 1. The fourth-order valence-electron chi connectivity index (χ4n) is 1.12. The quantitative estimate of drug-likeness (QED) is 0.273. The summed E-state index contributed by atoms with van der Waals surface area (Å²) in [6.07, 6.45) is 3.83. The van der Waals surface area contributed by atoms with Crippen LogP contribution in [0.15, 0.2) is 23.4 Å². The second kappa shape index (κ2) is 6.23. The van der Waals surface area contributed by atoms with Crippen molar-refractivity contribution in [3.63, 3.8) is 0 Å². The molecular weight excluding hydrogens is 313 g/mol. The zero-order chi connectivity index (χ0) is 9.84. The molecule has 0 aliphatic carbocycles. The first kappa shape index (κ1) is 13.7. The molecule has 0 saturated heterocycles. The van der Waals surface area contributed by atoms with Crippen molar-refractivity contribution in [3.05, 3.63) is 23.9 Å². The normalized spacial score (nSPS) is 9.07. The van der Waals surface area contributed by atoms with E-state index in [1.54, 1.807) is 6.07 Å². The summed E-state index contributed by atoms with van der Waals surface area (Å²) >= 11 is 1.53. The zero-order valence-electron chi connectivity index (χ0n) is 8.28. The molecule has 0 aliphatic rings. The first-order valence-corrected chi connectivity index (χ1v) is 5.04. The third-order valence-electron chi connectivity index (χ3n) is 1.72. The maximum Gasteiger partial charge on any atom is 0.345 e. The molecule has 1 heterocycles. The molecule has 0 fully saturated rings. The van der Waals surface area contributed by atoms with Gasteiger partial charge in [0.1, 0.15) is 12.6 Å². The van der Waals surface area contributed by atoms with Crippen molar-refractivity contribution in [3.8, 4) is 0 Å². The number of hydrogen-bond acceptors (Lipinski definition) is 3. The monoisotopic (exact) mass is 325 g/mol. The Morgan fingerprint density at radius 2 is 2.21 bits per heavy atom. The van der Waals surface area contributed by atoms with Gasteiger partial charge in [-0.2, -0.15) is 4.57 Å². The van der Waals surface area contributed by atoms with Gasteiger partial charge in [-0.25, -0.2) is 4.79 Å². The van der Waals surface area contributed by atoms with Crippen LogP contribution in [0.2, 0.25) is 0 Å². The van der Waals surface area contributed by atoms with Gasteiger partial charge >= 0.3 is 5.97 Å². The molecule has 14 heavy (non-hydrogen) atoms. The van der Waals surface area contributed by atoms with Gasteiger partial charge in [-0.1, -0.05) is 11.8 Å². The van der Waals surface area contributed by atoms with Crippen LogP contribution in [-0.4, -0.2) is 19.3 Å². The minimum atomic E-state index is -0.291. The molecule has 0 unspecified atom stereocenters. The van der Waals surface area contributed by atoms with E-state index in [-0.39, 0.29) is 29.9 Å². The molecule has 0 radical (unpaired) electrons. The van der Waals surface area contributed by atoms with Crippen molar-refractivity contribution < 1.29 is 38.1 Å². The fraction of sp³-hybridized carbons (Fsp3) is 0.333.